The van der Waals surface area contributed by atoms with Crippen molar-refractivity contribution in [2.24, 2.45) is 5.73 Å². The summed E-state index contributed by atoms with van der Waals surface area (Å²) in [7, 11) is 3.02. The summed E-state index contributed by atoms with van der Waals surface area (Å²) in [5.74, 6) is -6.59. The van der Waals surface area contributed by atoms with E-state index < -0.39 is 109 Å². The number of carboxylic acid groups (broad SMARTS) is 2. The summed E-state index contributed by atoms with van der Waals surface area (Å²) >= 11 is 0. The normalized spacial score (nSPS) is 25.5. The molecule has 0 saturated carbocycles. The van der Waals surface area contributed by atoms with E-state index in [0.29, 0.717) is 6.54 Å². The molecule has 0 aliphatic carbocycles. The number of likely N-dealkylation sites (N-methyl/N-ethyl adjacent to an activating group) is 2. The zero-order valence-electron chi connectivity index (χ0n) is 39.3. The number of aromatic nitrogens is 2. The molecule has 402 valence electrons. The maximum absolute atomic E-state index is 14.3. The van der Waals surface area contributed by atoms with E-state index in [0.717, 1.165) is 42.5 Å². The summed E-state index contributed by atoms with van der Waals surface area (Å²) < 4.78 is 82.2. The van der Waals surface area contributed by atoms with E-state index in [1.807, 2.05) is 0 Å². The van der Waals surface area contributed by atoms with Crippen molar-refractivity contribution >= 4 is 23.8 Å². The Bertz CT molecular complexity index is 1910. The van der Waals surface area contributed by atoms with Crippen molar-refractivity contribution in [2.75, 3.05) is 33.7 Å². The van der Waals surface area contributed by atoms with Gasteiger partial charge in [-0.1, -0.05) is 96.8 Å². The number of ether oxygens (including phenoxy) is 3. The van der Waals surface area contributed by atoms with Gasteiger partial charge in [0.2, 0.25) is 5.91 Å². The Labute approximate surface area is 399 Å². The quantitative estimate of drug-likeness (QED) is 0.0558. The van der Waals surface area contributed by atoms with Gasteiger partial charge in [0.15, 0.2) is 12.5 Å². The summed E-state index contributed by atoms with van der Waals surface area (Å²) in [5.41, 5.74) is 4.20. The SMILES string of the molecule is CCCCCCCCCCCCCCCCCNC(=O)C1=CCN(C)[C@@H]([C@H](O[C@@H]2O[C@H](CN)[C@@H](O)[C@H]2O)[C@H]2O[C@@H](n3ccc(=O)[nH]c3=O)[C@H](O)[C@@H]2O)C(=O)N1C.O=C(O)C(F)(F)F.O=C(O)C(F)(F)F. The number of aliphatic hydroxyl groups excluding tert-OH is 4. The molecule has 3 aliphatic heterocycles. The lowest BCUT2D eigenvalue weighted by Gasteiger charge is -2.38. The first-order valence-electron chi connectivity index (χ1n) is 23.1. The van der Waals surface area contributed by atoms with Crippen LogP contribution in [0.25, 0.3) is 0 Å². The molecule has 0 radical (unpaired) electrons. The first-order chi connectivity index (χ1) is 32.8. The van der Waals surface area contributed by atoms with Crippen molar-refractivity contribution in [3.05, 3.63) is 44.9 Å². The molecule has 0 bridgehead atoms. The zero-order valence-corrected chi connectivity index (χ0v) is 39.3. The number of nitrogens with one attached hydrogen (secondary N) is 2. The van der Waals surface area contributed by atoms with Gasteiger partial charge < -0.3 is 60.8 Å². The fourth-order valence-electron chi connectivity index (χ4n) is 7.73. The van der Waals surface area contributed by atoms with Crippen molar-refractivity contribution in [1.82, 2.24) is 24.7 Å². The molecule has 0 aromatic carbocycles. The second-order valence-corrected chi connectivity index (χ2v) is 17.0. The summed E-state index contributed by atoms with van der Waals surface area (Å²) in [6.45, 7) is 2.59. The number of aromatic amines is 1. The van der Waals surface area contributed by atoms with Crippen LogP contribution in [0.4, 0.5) is 26.3 Å². The van der Waals surface area contributed by atoms with Crippen LogP contribution in [-0.4, -0.2) is 175 Å². The van der Waals surface area contributed by atoms with Crippen molar-refractivity contribution in [1.29, 1.82) is 0 Å². The summed E-state index contributed by atoms with van der Waals surface area (Å²) in [4.78, 5) is 74.6. The van der Waals surface area contributed by atoms with Crippen molar-refractivity contribution < 1.29 is 90.4 Å². The summed E-state index contributed by atoms with van der Waals surface area (Å²) in [6, 6.07) is -0.266. The van der Waals surface area contributed by atoms with Crippen LogP contribution in [0, 0.1) is 0 Å². The number of rotatable bonds is 23. The van der Waals surface area contributed by atoms with E-state index in [1.54, 1.807) is 18.0 Å². The highest BCUT2D eigenvalue weighted by Crippen LogP contribution is 2.36. The smallest absolute Gasteiger partial charge is 0.475 e. The van der Waals surface area contributed by atoms with Gasteiger partial charge in [-0.2, -0.15) is 26.3 Å². The number of carboxylic acids is 2. The monoisotopic (exact) mass is 1020 g/mol. The van der Waals surface area contributed by atoms with Crippen molar-refractivity contribution in [3.63, 3.8) is 0 Å². The Morgan fingerprint density at radius 1 is 0.786 bits per heavy atom. The summed E-state index contributed by atoms with van der Waals surface area (Å²) in [6.07, 6.45) is -2.55. The number of H-pyrrole nitrogens is 1. The minimum absolute atomic E-state index is 0.0681. The highest BCUT2D eigenvalue weighted by molar-refractivity contribution is 5.99. The van der Waals surface area contributed by atoms with E-state index in [9.17, 15) is 65.9 Å². The number of carbonyl (C=O) groups is 4. The number of aliphatic carboxylic acids is 2. The van der Waals surface area contributed by atoms with Crippen LogP contribution in [-0.2, 0) is 33.4 Å². The van der Waals surface area contributed by atoms with Gasteiger partial charge in [0.1, 0.15) is 54.5 Å². The predicted octanol–water partition coefficient (Wildman–Crippen LogP) is 1.86. The Balaban J connectivity index is 0.00000104. The van der Waals surface area contributed by atoms with Gasteiger partial charge in [0.05, 0.1) is 0 Å². The molecule has 3 aliphatic rings. The number of aliphatic hydroxyl groups is 4. The lowest BCUT2D eigenvalue weighted by atomic mass is 9.97. The second kappa shape index (κ2) is 29.8. The van der Waals surface area contributed by atoms with E-state index >= 15 is 0 Å². The number of carbonyl (C=O) groups excluding carboxylic acids is 2. The van der Waals surface area contributed by atoms with E-state index in [4.69, 9.17) is 39.7 Å². The van der Waals surface area contributed by atoms with Gasteiger partial charge >= 0.3 is 30.0 Å². The molecule has 27 heteroatoms. The predicted molar refractivity (Wildman–Crippen MR) is 234 cm³/mol. The van der Waals surface area contributed by atoms with Crippen LogP contribution in [0.15, 0.2) is 33.6 Å². The molecule has 1 aromatic heterocycles. The Morgan fingerprint density at radius 3 is 1.71 bits per heavy atom. The number of hydrogen-bond acceptors (Lipinski definition) is 15. The van der Waals surface area contributed by atoms with Crippen LogP contribution in [0.2, 0.25) is 0 Å². The number of amides is 2. The minimum Gasteiger partial charge on any atom is -0.475 e. The molecule has 21 nitrogen and oxygen atoms in total. The third-order valence-corrected chi connectivity index (χ3v) is 11.7. The van der Waals surface area contributed by atoms with Crippen LogP contribution in [0.5, 0.6) is 0 Å². The molecule has 0 unspecified atom stereocenters. The topological polar surface area (TPSA) is 317 Å². The number of halogens is 6. The molecule has 2 amide bonds. The Morgan fingerprint density at radius 2 is 1.27 bits per heavy atom. The lowest BCUT2D eigenvalue weighted by molar-refractivity contribution is -0.232. The minimum atomic E-state index is -5.08. The third kappa shape index (κ3) is 19.3. The standard InChI is InChI=1S/C39H66N6O11.2C2HF3O2/c1-4-5-6-7-8-9-10-11-12-13-14-15-16-17-18-21-41-35(51)25-19-22-43(2)28(36(52)44(25)3)33(56-38-32(50)29(47)26(24-40)54-38)34-30(48)31(49)37(55-34)45-23-20-27(46)42-39(45)53;2*3-2(4,5)1(6)7/h19-20,23,26,28-34,37-38,47-50H,4-18,21-22,24,40H2,1-3H3,(H,41,51)(H,42,46,53);2*(H,6,7)/t26-,28+,29-,30+,31-,32-,33+,34+,37-,38+;;/m1../s1. The van der Waals surface area contributed by atoms with Gasteiger partial charge in [-0.05, 0) is 19.5 Å². The molecular weight excluding hydrogens is 954 g/mol. The van der Waals surface area contributed by atoms with Gasteiger partial charge in [-0.3, -0.25) is 28.8 Å². The number of nitrogens with two attached hydrogens (primary N) is 1. The Kier molecular flexibility index (Phi) is 26.2. The third-order valence-electron chi connectivity index (χ3n) is 11.7. The molecule has 2 saturated heterocycles. The first-order valence-corrected chi connectivity index (χ1v) is 23.1. The van der Waals surface area contributed by atoms with Crippen LogP contribution in [0.3, 0.4) is 0 Å². The number of hydrogen-bond donors (Lipinski definition) is 9. The molecule has 10 atom stereocenters. The van der Waals surface area contributed by atoms with Gasteiger partial charge in [-0.15, -0.1) is 0 Å². The van der Waals surface area contributed by atoms with Gasteiger partial charge in [-0.25, -0.2) is 14.4 Å². The number of unbranched alkanes of at least 4 members (excludes halogenated alkanes) is 14. The highest BCUT2D eigenvalue weighted by atomic mass is 19.4. The number of alkyl halides is 6. The zero-order chi connectivity index (χ0) is 52.9. The lowest BCUT2D eigenvalue weighted by Crippen LogP contribution is -2.59. The molecule has 4 rings (SSSR count). The summed E-state index contributed by atoms with van der Waals surface area (Å²) in [5, 5.41) is 60.8. The molecule has 1 aromatic rings. The van der Waals surface area contributed by atoms with Gasteiger partial charge in [0.25, 0.3) is 11.5 Å². The number of nitrogens with zero attached hydrogens (tertiary/aromatic N) is 3. The molecular formula is C43H68F6N6O15. The van der Waals surface area contributed by atoms with E-state index in [1.165, 1.54) is 82.6 Å². The Hall–Kier alpha value is -4.48. The maximum atomic E-state index is 14.3. The van der Waals surface area contributed by atoms with Gasteiger partial charge in [0, 0.05) is 38.9 Å². The largest absolute Gasteiger partial charge is 0.490 e. The average Bonchev–Trinajstić information content (AvgIpc) is 3.69. The van der Waals surface area contributed by atoms with Crippen LogP contribution in [0.1, 0.15) is 109 Å². The molecule has 10 N–H and O–H groups in total. The molecule has 2 fully saturated rings. The van der Waals surface area contributed by atoms with Crippen molar-refractivity contribution in [3.8, 4) is 0 Å². The molecule has 4 heterocycles. The second-order valence-electron chi connectivity index (χ2n) is 17.0. The fourth-order valence-corrected chi connectivity index (χ4v) is 7.73. The fraction of sp³-hybridized carbons (Fsp3) is 0.767. The van der Waals surface area contributed by atoms with E-state index in [-0.39, 0.29) is 18.8 Å². The first kappa shape index (κ1) is 61.6. The van der Waals surface area contributed by atoms with Crippen LogP contribution >= 0.6 is 0 Å². The van der Waals surface area contributed by atoms with Crippen LogP contribution < -0.4 is 22.3 Å². The van der Waals surface area contributed by atoms with Crippen molar-refractivity contribution in [2.45, 2.75) is 177 Å². The average molecular weight is 1020 g/mol. The maximum Gasteiger partial charge on any atom is 0.490 e. The van der Waals surface area contributed by atoms with E-state index in [2.05, 4.69) is 17.2 Å². The highest BCUT2D eigenvalue weighted by Gasteiger charge is 2.55. The molecule has 0 spiro atoms. The molecule has 70 heavy (non-hydrogen) atoms.